The molecule has 144 valence electrons. The normalized spacial score (nSPS) is 19.3. The molecule has 2 aromatic rings. The maximum absolute atomic E-state index is 12.8. The zero-order chi connectivity index (χ0) is 19.0. The van der Waals surface area contributed by atoms with Gasteiger partial charge in [-0.25, -0.2) is 8.42 Å². The van der Waals surface area contributed by atoms with Gasteiger partial charge < -0.3 is 14.4 Å². The Labute approximate surface area is 161 Å². The lowest BCUT2D eigenvalue weighted by Crippen LogP contribution is -2.40. The number of hydrogen-bond acceptors (Lipinski definition) is 8. The first-order chi connectivity index (χ1) is 12.9. The minimum absolute atomic E-state index is 0.00246. The number of carbonyl (C=O) groups is 1. The van der Waals surface area contributed by atoms with Gasteiger partial charge in [0.2, 0.25) is 12.7 Å². The summed E-state index contributed by atoms with van der Waals surface area (Å²) in [6, 6.07) is 5.50. The Morgan fingerprint density at radius 1 is 1.33 bits per heavy atom. The van der Waals surface area contributed by atoms with Gasteiger partial charge in [0, 0.05) is 36.8 Å². The molecule has 3 heterocycles. The highest BCUT2D eigenvalue weighted by molar-refractivity contribution is 7.92. The van der Waals surface area contributed by atoms with E-state index in [1.54, 1.807) is 4.90 Å². The number of fused-ring (bicyclic) bond motifs is 1. The van der Waals surface area contributed by atoms with Crippen LogP contribution in [0.15, 0.2) is 22.4 Å². The van der Waals surface area contributed by atoms with Crippen LogP contribution in [-0.4, -0.2) is 55.0 Å². The Balaban J connectivity index is 1.47. The molecule has 0 aliphatic carbocycles. The largest absolute Gasteiger partial charge is 0.454 e. The number of hydrogen-bond donors (Lipinski definition) is 0. The molecule has 0 radical (unpaired) electrons. The molecule has 1 aromatic heterocycles. The fourth-order valence-electron chi connectivity index (χ4n) is 3.46. The Kier molecular flexibility index (Phi) is 4.77. The van der Waals surface area contributed by atoms with Crippen LogP contribution in [0.25, 0.3) is 0 Å². The lowest BCUT2D eigenvalue weighted by molar-refractivity contribution is -0.131. The van der Waals surface area contributed by atoms with E-state index in [0.29, 0.717) is 30.3 Å². The molecule has 4 rings (SSSR count). The zero-order valence-corrected chi connectivity index (χ0v) is 16.4. The van der Waals surface area contributed by atoms with Crippen molar-refractivity contribution in [2.24, 2.45) is 0 Å². The standard InChI is InChI=1S/C17H19N3O5S2/c1-27(22,23)17-16(18-19-26-17)12-3-2-6-20(9-12)15(21)8-11-4-5-13-14(7-11)25-10-24-13/h4-5,7,12H,2-3,6,8-10H2,1H3/t12-/m1/s1. The van der Waals surface area contributed by atoms with Crippen molar-refractivity contribution in [2.75, 3.05) is 26.1 Å². The van der Waals surface area contributed by atoms with Crippen molar-refractivity contribution >= 4 is 27.3 Å². The van der Waals surface area contributed by atoms with Crippen LogP contribution >= 0.6 is 11.5 Å². The number of aromatic nitrogens is 2. The van der Waals surface area contributed by atoms with E-state index in [0.717, 1.165) is 36.2 Å². The summed E-state index contributed by atoms with van der Waals surface area (Å²) in [5.41, 5.74) is 1.35. The molecule has 1 saturated heterocycles. The molecule has 10 heteroatoms. The number of ether oxygens (including phenoxy) is 2. The highest BCUT2D eigenvalue weighted by Gasteiger charge is 2.31. The predicted octanol–water partition coefficient (Wildman–Crippen LogP) is 1.62. The van der Waals surface area contributed by atoms with E-state index in [1.807, 2.05) is 18.2 Å². The summed E-state index contributed by atoms with van der Waals surface area (Å²) < 4.78 is 38.5. The van der Waals surface area contributed by atoms with E-state index in [-0.39, 0.29) is 29.2 Å². The second-order valence-electron chi connectivity index (χ2n) is 6.76. The molecule has 0 unspecified atom stereocenters. The summed E-state index contributed by atoms with van der Waals surface area (Å²) in [5, 5.41) is 4.04. The average Bonchev–Trinajstić information content (AvgIpc) is 3.30. The fraction of sp³-hybridized carbons (Fsp3) is 0.471. The first-order valence-corrected chi connectivity index (χ1v) is 11.3. The molecule has 1 amide bonds. The summed E-state index contributed by atoms with van der Waals surface area (Å²) in [5.74, 6) is 1.24. The quantitative estimate of drug-likeness (QED) is 0.757. The Morgan fingerprint density at radius 2 is 2.15 bits per heavy atom. The lowest BCUT2D eigenvalue weighted by Gasteiger charge is -2.32. The Bertz CT molecular complexity index is 973. The minimum Gasteiger partial charge on any atom is -0.454 e. The van der Waals surface area contributed by atoms with Crippen molar-refractivity contribution < 1.29 is 22.7 Å². The van der Waals surface area contributed by atoms with Gasteiger partial charge in [-0.05, 0) is 30.5 Å². The number of rotatable bonds is 4. The van der Waals surface area contributed by atoms with Crippen LogP contribution in [0.1, 0.15) is 30.0 Å². The van der Waals surface area contributed by atoms with E-state index in [2.05, 4.69) is 9.59 Å². The third kappa shape index (κ3) is 3.77. The molecule has 0 N–H and O–H groups in total. The number of nitrogens with zero attached hydrogens (tertiary/aromatic N) is 3. The van der Waals surface area contributed by atoms with E-state index >= 15 is 0 Å². The molecular formula is C17H19N3O5S2. The van der Waals surface area contributed by atoms with Gasteiger partial charge in [0.1, 0.15) is 0 Å². The van der Waals surface area contributed by atoms with Gasteiger partial charge >= 0.3 is 0 Å². The van der Waals surface area contributed by atoms with Crippen molar-refractivity contribution in [1.29, 1.82) is 0 Å². The summed E-state index contributed by atoms with van der Waals surface area (Å²) in [4.78, 5) is 14.5. The van der Waals surface area contributed by atoms with Gasteiger partial charge in [0.25, 0.3) is 0 Å². The van der Waals surface area contributed by atoms with E-state index in [9.17, 15) is 13.2 Å². The van der Waals surface area contributed by atoms with E-state index in [1.165, 1.54) is 0 Å². The van der Waals surface area contributed by atoms with Gasteiger partial charge in [-0.15, -0.1) is 5.10 Å². The summed E-state index contributed by atoms with van der Waals surface area (Å²) >= 11 is 0.895. The van der Waals surface area contributed by atoms with Crippen LogP contribution in [0.5, 0.6) is 11.5 Å². The van der Waals surface area contributed by atoms with Crippen LogP contribution in [0.4, 0.5) is 0 Å². The third-order valence-corrected chi connectivity index (χ3v) is 7.32. The van der Waals surface area contributed by atoms with Crippen molar-refractivity contribution in [1.82, 2.24) is 14.5 Å². The van der Waals surface area contributed by atoms with Crippen LogP contribution in [0.2, 0.25) is 0 Å². The number of piperidine rings is 1. The molecule has 1 aromatic carbocycles. The van der Waals surface area contributed by atoms with Crippen molar-refractivity contribution in [3.05, 3.63) is 29.5 Å². The minimum atomic E-state index is -3.37. The van der Waals surface area contributed by atoms with E-state index in [4.69, 9.17) is 9.47 Å². The highest BCUT2D eigenvalue weighted by atomic mass is 32.2. The van der Waals surface area contributed by atoms with Crippen LogP contribution in [0, 0.1) is 0 Å². The molecule has 0 saturated carbocycles. The smallest absolute Gasteiger partial charge is 0.231 e. The number of benzene rings is 1. The lowest BCUT2D eigenvalue weighted by atomic mass is 9.95. The first kappa shape index (κ1) is 18.2. The number of amides is 1. The van der Waals surface area contributed by atoms with Crippen LogP contribution in [-0.2, 0) is 21.1 Å². The van der Waals surface area contributed by atoms with Gasteiger partial charge in [0.15, 0.2) is 25.5 Å². The monoisotopic (exact) mass is 409 g/mol. The maximum atomic E-state index is 12.8. The predicted molar refractivity (Wildman–Crippen MR) is 97.8 cm³/mol. The molecule has 0 bridgehead atoms. The number of carbonyl (C=O) groups excluding carboxylic acids is 1. The van der Waals surface area contributed by atoms with Crippen molar-refractivity contribution in [3.8, 4) is 11.5 Å². The van der Waals surface area contributed by atoms with E-state index < -0.39 is 9.84 Å². The fourth-order valence-corrected chi connectivity index (χ4v) is 5.19. The molecule has 2 aliphatic heterocycles. The molecule has 2 aliphatic rings. The Hall–Kier alpha value is -2.20. The summed E-state index contributed by atoms with van der Waals surface area (Å²) in [6.07, 6.45) is 3.02. The second kappa shape index (κ2) is 7.08. The number of likely N-dealkylation sites (tertiary alicyclic amines) is 1. The maximum Gasteiger partial charge on any atom is 0.231 e. The van der Waals surface area contributed by atoms with Crippen LogP contribution < -0.4 is 9.47 Å². The van der Waals surface area contributed by atoms with Gasteiger partial charge in [-0.1, -0.05) is 10.6 Å². The SMILES string of the molecule is CS(=O)(=O)c1snnc1[C@@H]1CCCN(C(=O)Cc2ccc3c(c2)OCO3)C1. The van der Waals surface area contributed by atoms with Crippen LogP contribution in [0.3, 0.4) is 0 Å². The molecule has 8 nitrogen and oxygen atoms in total. The highest BCUT2D eigenvalue weighted by Crippen LogP contribution is 2.34. The van der Waals surface area contributed by atoms with Crippen molar-refractivity contribution in [2.45, 2.75) is 29.4 Å². The topological polar surface area (TPSA) is 98.7 Å². The zero-order valence-electron chi connectivity index (χ0n) is 14.8. The van der Waals surface area contributed by atoms with Gasteiger partial charge in [0.05, 0.1) is 12.1 Å². The molecule has 27 heavy (non-hydrogen) atoms. The van der Waals surface area contributed by atoms with Gasteiger partial charge in [-0.3, -0.25) is 4.79 Å². The van der Waals surface area contributed by atoms with Gasteiger partial charge in [-0.2, -0.15) is 0 Å². The average molecular weight is 409 g/mol. The van der Waals surface area contributed by atoms with Crippen molar-refractivity contribution in [3.63, 3.8) is 0 Å². The molecular weight excluding hydrogens is 390 g/mol. The molecule has 0 spiro atoms. The number of sulfone groups is 1. The Morgan fingerprint density at radius 3 is 2.96 bits per heavy atom. The molecule has 1 atom stereocenters. The summed E-state index contributed by atoms with van der Waals surface area (Å²) in [6.45, 7) is 1.31. The summed E-state index contributed by atoms with van der Waals surface area (Å²) in [7, 11) is -3.37. The third-order valence-electron chi connectivity index (χ3n) is 4.77. The first-order valence-electron chi connectivity index (χ1n) is 8.60. The second-order valence-corrected chi connectivity index (χ2v) is 9.73. The molecule has 1 fully saturated rings.